The number of carbonyl (C=O) groups is 12. The van der Waals surface area contributed by atoms with Crippen molar-refractivity contribution in [2.24, 2.45) is 5.73 Å². The maximum absolute atomic E-state index is 14.8. The van der Waals surface area contributed by atoms with Crippen LogP contribution in [0.15, 0.2) is 0 Å². The summed E-state index contributed by atoms with van der Waals surface area (Å²) in [6.45, 7) is 5.33. The highest BCUT2D eigenvalue weighted by Crippen LogP contribution is 2.36. The zero-order valence-corrected chi connectivity index (χ0v) is 47.1. The molecule has 0 aliphatic carbocycles. The number of likely N-dealkylation sites (tertiary alicyclic amines) is 11. The summed E-state index contributed by atoms with van der Waals surface area (Å²) in [6, 6.07) is -8.57. The van der Waals surface area contributed by atoms with Gasteiger partial charge in [-0.25, -0.2) is 0 Å². The molecule has 0 unspecified atom stereocenters. The van der Waals surface area contributed by atoms with E-state index in [1.165, 1.54) is 11.8 Å². The van der Waals surface area contributed by atoms with E-state index >= 15 is 0 Å². The van der Waals surface area contributed by atoms with E-state index in [1.54, 1.807) is 49.0 Å². The largest absolute Gasteiger partial charge is 0.368 e. The number of hydrogen-bond acceptors (Lipinski definition) is 12. The Morgan fingerprint density at radius 3 is 0.494 bits per heavy atom. The molecular weight excluding hydrogens is 1040 g/mol. The molecule has 24 heteroatoms. The molecule has 0 bridgehead atoms. The van der Waals surface area contributed by atoms with Gasteiger partial charge >= 0.3 is 0 Å². The molecule has 0 spiro atoms. The summed E-state index contributed by atoms with van der Waals surface area (Å²) in [5, 5.41) is 0. The number of rotatable bonds is 11. The van der Waals surface area contributed by atoms with E-state index in [1.807, 2.05) is 0 Å². The van der Waals surface area contributed by atoms with E-state index < -0.39 is 72.4 Å². The van der Waals surface area contributed by atoms with Gasteiger partial charge in [0.25, 0.3) is 0 Å². The van der Waals surface area contributed by atoms with Crippen molar-refractivity contribution >= 4 is 70.9 Å². The van der Waals surface area contributed by atoms with Gasteiger partial charge in [-0.1, -0.05) is 0 Å². The first-order valence-corrected chi connectivity index (χ1v) is 30.7. The van der Waals surface area contributed by atoms with Crippen molar-refractivity contribution in [2.75, 3.05) is 72.0 Å². The molecule has 2 N–H and O–H groups in total. The maximum atomic E-state index is 14.8. The fourth-order valence-corrected chi connectivity index (χ4v) is 16.2. The van der Waals surface area contributed by atoms with E-state index in [-0.39, 0.29) is 65.0 Å². The van der Waals surface area contributed by atoms with Gasteiger partial charge in [-0.15, -0.1) is 0 Å². The molecule has 0 saturated carbocycles. The molecule has 11 heterocycles. The Morgan fingerprint density at radius 2 is 0.346 bits per heavy atom. The summed E-state index contributed by atoms with van der Waals surface area (Å²) in [6.07, 6.45) is 11.3. The molecule has 11 saturated heterocycles. The van der Waals surface area contributed by atoms with Gasteiger partial charge in [-0.05, 0) is 141 Å². The molecule has 0 aromatic rings. The molecule has 11 rings (SSSR count). The van der Waals surface area contributed by atoms with Crippen LogP contribution < -0.4 is 5.73 Å². The molecule has 12 amide bonds. The van der Waals surface area contributed by atoms with Crippen LogP contribution in [0, 0.1) is 0 Å². The predicted molar refractivity (Wildman–Crippen MR) is 287 cm³/mol. The number of hydrogen-bond donors (Lipinski definition) is 1. The van der Waals surface area contributed by atoms with E-state index in [0.717, 1.165) is 0 Å². The minimum Gasteiger partial charge on any atom is -0.368 e. The Morgan fingerprint density at radius 1 is 0.222 bits per heavy atom. The molecule has 81 heavy (non-hydrogen) atoms. The second-order valence-corrected chi connectivity index (χ2v) is 24.7. The molecular formula is C57H82N12O12. The van der Waals surface area contributed by atoms with Crippen molar-refractivity contribution in [3.63, 3.8) is 0 Å². The van der Waals surface area contributed by atoms with Crippen molar-refractivity contribution in [1.82, 2.24) is 53.9 Å². The van der Waals surface area contributed by atoms with Crippen LogP contribution in [-0.4, -0.2) is 263 Å². The molecule has 11 atom stereocenters. The van der Waals surface area contributed by atoms with Crippen molar-refractivity contribution in [2.45, 2.75) is 215 Å². The van der Waals surface area contributed by atoms with Crippen LogP contribution in [0.5, 0.6) is 0 Å². The van der Waals surface area contributed by atoms with Crippen molar-refractivity contribution in [3.8, 4) is 0 Å². The molecule has 0 aromatic carbocycles. The monoisotopic (exact) mass is 1130 g/mol. The zero-order chi connectivity index (χ0) is 57.0. The van der Waals surface area contributed by atoms with E-state index in [0.29, 0.717) is 213 Å². The van der Waals surface area contributed by atoms with E-state index in [4.69, 9.17) is 5.73 Å². The van der Waals surface area contributed by atoms with Crippen molar-refractivity contribution in [1.29, 1.82) is 0 Å². The summed E-state index contributed by atoms with van der Waals surface area (Å²) in [5.41, 5.74) is 5.63. The number of primary amides is 1. The average molecular weight is 1130 g/mol. The molecule has 11 aliphatic rings. The van der Waals surface area contributed by atoms with Crippen molar-refractivity contribution in [3.05, 3.63) is 0 Å². The Balaban J connectivity index is 0.711. The molecule has 0 aromatic heterocycles. The first-order valence-electron chi connectivity index (χ1n) is 30.7. The number of amides is 12. The van der Waals surface area contributed by atoms with Crippen LogP contribution in [0.1, 0.15) is 148 Å². The third kappa shape index (κ3) is 10.3. The van der Waals surface area contributed by atoms with Crippen LogP contribution in [-0.2, 0) is 57.5 Å². The van der Waals surface area contributed by atoms with Gasteiger partial charge in [0.05, 0.1) is 0 Å². The molecule has 11 aliphatic heterocycles. The third-order valence-corrected chi connectivity index (χ3v) is 20.2. The van der Waals surface area contributed by atoms with Gasteiger partial charge in [-0.2, -0.15) is 0 Å². The minimum atomic E-state index is -0.850. The van der Waals surface area contributed by atoms with Crippen molar-refractivity contribution < 1.29 is 57.5 Å². The highest BCUT2D eigenvalue weighted by atomic mass is 16.2. The highest BCUT2D eigenvalue weighted by Gasteiger charge is 2.53. The summed E-state index contributed by atoms with van der Waals surface area (Å²) in [5.74, 6) is -3.81. The molecule has 24 nitrogen and oxygen atoms in total. The highest BCUT2D eigenvalue weighted by molar-refractivity contribution is 6.00. The van der Waals surface area contributed by atoms with Gasteiger partial charge in [-0.3, -0.25) is 57.5 Å². The lowest BCUT2D eigenvalue weighted by atomic mass is 10.1. The standard InChI is InChI=1S/C57H82N12O12/c1-35(70)59-24-3-14-37(59)48(72)61-26-5-16-39(61)50(74)63-28-7-18-41(63)52(76)65-30-9-20-43(65)54(78)67-32-11-22-45(67)56(80)69-34-12-23-46(69)57(81)68-33-10-21-44(68)55(79)66-31-8-19-42(66)53(77)64-29-6-17-40(64)51(75)62-27-4-15-38(62)49(73)60-25-2-13-36(60)47(58)71/h36-46H,2-34H2,1H3,(H2,58,71)/t36-,37-,38-,39-,40-,41-,42-,43-,44-,45-,46-/m0/s1. The van der Waals surface area contributed by atoms with Crippen LogP contribution in [0.4, 0.5) is 0 Å². The predicted octanol–water partition coefficient (Wildman–Crippen LogP) is -0.607. The summed E-state index contributed by atoms with van der Waals surface area (Å²) in [4.78, 5) is 186. The SMILES string of the molecule is CC(=O)N1CCC[C@H]1C(=O)N1CCC[C@H]1C(=O)N1CCC[C@H]1C(=O)N1CCC[C@H]1C(=O)N1CCC[C@H]1C(=O)N1CCC[C@H]1C(=O)N1CCC[C@H]1C(=O)N1CCC[C@H]1C(=O)N1CCC[C@H]1C(=O)N1CCC[C@H]1C(=O)N1CCC[C@H]1C(N)=O. The second kappa shape index (κ2) is 23.5. The van der Waals surface area contributed by atoms with E-state index in [9.17, 15) is 57.5 Å². The lowest BCUT2D eigenvalue weighted by Crippen LogP contribution is -2.59. The number of nitrogens with two attached hydrogens (primary N) is 1. The van der Waals surface area contributed by atoms with Crippen LogP contribution >= 0.6 is 0 Å². The topological polar surface area (TPSA) is 267 Å². The summed E-state index contributed by atoms with van der Waals surface area (Å²) < 4.78 is 0. The Hall–Kier alpha value is -6.36. The Bertz CT molecular complexity index is 2410. The lowest BCUT2D eigenvalue weighted by Gasteiger charge is -2.38. The van der Waals surface area contributed by atoms with E-state index in [2.05, 4.69) is 0 Å². The maximum Gasteiger partial charge on any atom is 0.246 e. The lowest BCUT2D eigenvalue weighted by molar-refractivity contribution is -0.156. The van der Waals surface area contributed by atoms with Gasteiger partial charge in [0, 0.05) is 78.9 Å². The third-order valence-electron chi connectivity index (χ3n) is 20.2. The first-order chi connectivity index (χ1) is 39.1. The van der Waals surface area contributed by atoms with Crippen LogP contribution in [0.3, 0.4) is 0 Å². The Kier molecular flexibility index (Phi) is 16.4. The molecule has 0 radical (unpaired) electrons. The van der Waals surface area contributed by atoms with Crippen LogP contribution in [0.2, 0.25) is 0 Å². The fourth-order valence-electron chi connectivity index (χ4n) is 16.2. The fraction of sp³-hybridized carbons (Fsp3) is 0.789. The molecule has 442 valence electrons. The summed E-state index contributed by atoms with van der Waals surface area (Å²) in [7, 11) is 0. The quantitative estimate of drug-likeness (QED) is 0.272. The second-order valence-electron chi connectivity index (χ2n) is 24.7. The normalized spacial score (nSPS) is 32.4. The number of nitrogens with zero attached hydrogens (tertiary/aromatic N) is 11. The molecule has 11 fully saturated rings. The minimum absolute atomic E-state index is 0.172. The first kappa shape index (κ1) is 56.5. The average Bonchev–Trinajstić information content (AvgIpc) is 4.34. The van der Waals surface area contributed by atoms with Gasteiger partial charge < -0.3 is 59.6 Å². The smallest absolute Gasteiger partial charge is 0.246 e. The summed E-state index contributed by atoms with van der Waals surface area (Å²) >= 11 is 0. The van der Waals surface area contributed by atoms with Crippen LogP contribution in [0.25, 0.3) is 0 Å². The number of carbonyl (C=O) groups excluding carboxylic acids is 12. The van der Waals surface area contributed by atoms with Gasteiger partial charge in [0.1, 0.15) is 66.5 Å². The van der Waals surface area contributed by atoms with Gasteiger partial charge in [0.2, 0.25) is 70.9 Å². The van der Waals surface area contributed by atoms with Gasteiger partial charge in [0.15, 0.2) is 0 Å². The Labute approximate surface area is 473 Å². The zero-order valence-electron chi connectivity index (χ0n) is 47.1.